The fourth-order valence-electron chi connectivity index (χ4n) is 3.51. The third-order valence-corrected chi connectivity index (χ3v) is 5.91. The van der Waals surface area contributed by atoms with Crippen molar-refractivity contribution in [1.29, 1.82) is 0 Å². The van der Waals surface area contributed by atoms with Crippen molar-refractivity contribution in [1.82, 2.24) is 29.4 Å². The minimum Gasteiger partial charge on any atom is -0.357 e. The highest BCUT2D eigenvalue weighted by molar-refractivity contribution is 14.0. The first kappa shape index (κ1) is 24.8. The molecule has 8 nitrogen and oxygen atoms in total. The van der Waals surface area contributed by atoms with Gasteiger partial charge in [0.2, 0.25) is 5.13 Å². The Bertz CT molecular complexity index is 810. The number of piperazine rings is 1. The van der Waals surface area contributed by atoms with E-state index in [4.69, 9.17) is 4.99 Å². The van der Waals surface area contributed by atoms with Gasteiger partial charge in [0, 0.05) is 69.5 Å². The number of hydrogen-bond donors (Lipinski definition) is 1. The largest absolute Gasteiger partial charge is 0.357 e. The van der Waals surface area contributed by atoms with Crippen molar-refractivity contribution in [2.75, 3.05) is 44.2 Å². The van der Waals surface area contributed by atoms with Crippen LogP contribution in [0.4, 0.5) is 5.13 Å². The van der Waals surface area contributed by atoms with Crippen molar-refractivity contribution in [2.24, 2.45) is 10.9 Å². The topological polar surface area (TPSA) is 74.5 Å². The van der Waals surface area contributed by atoms with Crippen molar-refractivity contribution in [3.63, 3.8) is 0 Å². The lowest BCUT2D eigenvalue weighted by Gasteiger charge is -2.36. The molecule has 1 N–H and O–H groups in total. The molecule has 1 unspecified atom stereocenters. The molecule has 10 heteroatoms. The summed E-state index contributed by atoms with van der Waals surface area (Å²) in [6, 6.07) is 2.13. The van der Waals surface area contributed by atoms with Crippen molar-refractivity contribution in [3.05, 3.63) is 23.3 Å². The number of hydrogen-bond acceptors (Lipinski definition) is 6. The SMILES string of the molecule is CCNC(=NCC(C)Cn1nc(C)cc1C)N1CCN(c2nc(CC)ns2)CC1.I. The summed E-state index contributed by atoms with van der Waals surface area (Å²) in [6.45, 7) is 17.0. The highest BCUT2D eigenvalue weighted by atomic mass is 127. The van der Waals surface area contributed by atoms with Gasteiger partial charge in [0.05, 0.1) is 5.69 Å². The summed E-state index contributed by atoms with van der Waals surface area (Å²) in [5.41, 5.74) is 2.29. The van der Waals surface area contributed by atoms with E-state index in [-0.39, 0.29) is 24.0 Å². The number of rotatable bonds is 7. The normalized spacial score (nSPS) is 15.8. The van der Waals surface area contributed by atoms with Gasteiger partial charge in [0.1, 0.15) is 5.82 Å². The van der Waals surface area contributed by atoms with E-state index >= 15 is 0 Å². The van der Waals surface area contributed by atoms with Crippen LogP contribution in [0.2, 0.25) is 0 Å². The van der Waals surface area contributed by atoms with E-state index in [0.29, 0.717) is 5.92 Å². The van der Waals surface area contributed by atoms with Gasteiger partial charge in [-0.15, -0.1) is 24.0 Å². The number of nitrogens with zero attached hydrogens (tertiary/aromatic N) is 7. The number of guanidine groups is 1. The summed E-state index contributed by atoms with van der Waals surface area (Å²) in [5.74, 6) is 2.38. The molecule has 0 saturated carbocycles. The quantitative estimate of drug-likeness (QED) is 0.327. The number of nitrogens with one attached hydrogen (secondary N) is 1. The Morgan fingerprint density at radius 3 is 2.53 bits per heavy atom. The molecule has 3 rings (SSSR count). The molecule has 0 aliphatic carbocycles. The number of anilines is 1. The van der Waals surface area contributed by atoms with Gasteiger partial charge in [-0.1, -0.05) is 13.8 Å². The molecule has 1 fully saturated rings. The molecule has 0 bridgehead atoms. The van der Waals surface area contributed by atoms with Crippen molar-refractivity contribution in [3.8, 4) is 0 Å². The molecule has 30 heavy (non-hydrogen) atoms. The molecule has 1 aliphatic rings. The van der Waals surface area contributed by atoms with Gasteiger partial charge in [0.15, 0.2) is 5.96 Å². The zero-order valence-corrected chi connectivity index (χ0v) is 21.9. The average Bonchev–Trinajstić information content (AvgIpc) is 3.31. The zero-order valence-electron chi connectivity index (χ0n) is 18.8. The van der Waals surface area contributed by atoms with Crippen LogP contribution in [0.5, 0.6) is 0 Å². The van der Waals surface area contributed by atoms with Crippen LogP contribution in [0.15, 0.2) is 11.1 Å². The highest BCUT2D eigenvalue weighted by Crippen LogP contribution is 2.19. The third kappa shape index (κ3) is 6.53. The first-order valence-electron chi connectivity index (χ1n) is 10.6. The van der Waals surface area contributed by atoms with Gasteiger partial charge >= 0.3 is 0 Å². The highest BCUT2D eigenvalue weighted by Gasteiger charge is 2.22. The second kappa shape index (κ2) is 11.8. The van der Waals surface area contributed by atoms with Crippen LogP contribution in [0, 0.1) is 19.8 Å². The molecule has 168 valence electrons. The summed E-state index contributed by atoms with van der Waals surface area (Å²) in [5, 5.41) is 9.08. The number of aliphatic imine (C=N–C) groups is 1. The lowest BCUT2D eigenvalue weighted by Crippen LogP contribution is -2.52. The number of aryl methyl sites for hydroxylation is 3. The summed E-state index contributed by atoms with van der Waals surface area (Å²) in [7, 11) is 0. The lowest BCUT2D eigenvalue weighted by atomic mass is 10.2. The van der Waals surface area contributed by atoms with E-state index in [1.165, 1.54) is 17.2 Å². The predicted octanol–water partition coefficient (Wildman–Crippen LogP) is 2.96. The van der Waals surface area contributed by atoms with Crippen LogP contribution in [0.3, 0.4) is 0 Å². The van der Waals surface area contributed by atoms with E-state index in [2.05, 4.69) is 68.0 Å². The second-order valence-electron chi connectivity index (χ2n) is 7.73. The van der Waals surface area contributed by atoms with Crippen LogP contribution in [-0.2, 0) is 13.0 Å². The molecular weight excluding hydrogens is 511 g/mol. The average molecular weight is 547 g/mol. The van der Waals surface area contributed by atoms with Crippen LogP contribution in [-0.4, -0.2) is 69.3 Å². The summed E-state index contributed by atoms with van der Waals surface area (Å²) >= 11 is 1.51. The fraction of sp³-hybridized carbons (Fsp3) is 0.700. The Hall–Kier alpha value is -1.43. The minimum atomic E-state index is 0. The van der Waals surface area contributed by atoms with E-state index in [1.807, 2.05) is 6.92 Å². The smallest absolute Gasteiger partial charge is 0.205 e. The maximum atomic E-state index is 4.93. The molecule has 3 heterocycles. The Morgan fingerprint density at radius 1 is 1.23 bits per heavy atom. The Morgan fingerprint density at radius 2 is 1.97 bits per heavy atom. The van der Waals surface area contributed by atoms with Gasteiger partial charge in [0.25, 0.3) is 0 Å². The number of aromatic nitrogens is 4. The molecule has 0 spiro atoms. The zero-order chi connectivity index (χ0) is 20.8. The lowest BCUT2D eigenvalue weighted by molar-refractivity contribution is 0.369. The molecule has 1 aliphatic heterocycles. The Kier molecular flexibility index (Phi) is 9.79. The van der Waals surface area contributed by atoms with Crippen LogP contribution in [0.25, 0.3) is 0 Å². The maximum Gasteiger partial charge on any atom is 0.205 e. The van der Waals surface area contributed by atoms with Gasteiger partial charge < -0.3 is 15.1 Å². The van der Waals surface area contributed by atoms with Crippen LogP contribution >= 0.6 is 35.5 Å². The molecule has 0 aromatic carbocycles. The second-order valence-corrected chi connectivity index (χ2v) is 8.46. The molecule has 1 atom stereocenters. The molecule has 0 amide bonds. The Labute approximate surface area is 201 Å². The fourth-order valence-corrected chi connectivity index (χ4v) is 4.31. The van der Waals surface area contributed by atoms with Gasteiger partial charge in [-0.05, 0) is 32.8 Å². The van der Waals surface area contributed by atoms with E-state index in [9.17, 15) is 0 Å². The van der Waals surface area contributed by atoms with E-state index in [0.717, 1.165) is 74.8 Å². The monoisotopic (exact) mass is 546 g/mol. The third-order valence-electron chi connectivity index (χ3n) is 5.10. The first-order valence-corrected chi connectivity index (χ1v) is 11.4. The van der Waals surface area contributed by atoms with E-state index < -0.39 is 0 Å². The number of halogens is 1. The maximum absolute atomic E-state index is 4.93. The van der Waals surface area contributed by atoms with Crippen molar-refractivity contribution < 1.29 is 0 Å². The summed E-state index contributed by atoms with van der Waals surface area (Å²) in [4.78, 5) is 14.3. The summed E-state index contributed by atoms with van der Waals surface area (Å²) in [6.07, 6.45) is 0.892. The van der Waals surface area contributed by atoms with Crippen LogP contribution in [0.1, 0.15) is 38.0 Å². The van der Waals surface area contributed by atoms with Gasteiger partial charge in [-0.2, -0.15) is 9.47 Å². The molecular formula is C20H35IN8S. The standard InChI is InChI=1S/C20H34N8S.HI/c1-6-18-23-20(29-25-18)27-10-8-26(9-11-27)19(21-7-2)22-13-15(3)14-28-17(5)12-16(4)24-28;/h12,15H,6-11,13-14H2,1-5H3,(H,21,22);1H. The Balaban J connectivity index is 0.00000320. The first-order chi connectivity index (χ1) is 14.0. The van der Waals surface area contributed by atoms with Crippen molar-refractivity contribution >= 4 is 46.6 Å². The predicted molar refractivity (Wildman–Crippen MR) is 135 cm³/mol. The molecule has 0 radical (unpaired) electrons. The molecule has 2 aromatic heterocycles. The summed E-state index contributed by atoms with van der Waals surface area (Å²) < 4.78 is 6.51. The van der Waals surface area contributed by atoms with Crippen LogP contribution < -0.4 is 10.2 Å². The van der Waals surface area contributed by atoms with Gasteiger partial charge in [-0.25, -0.2) is 4.98 Å². The minimum absolute atomic E-state index is 0. The molecule has 2 aromatic rings. The van der Waals surface area contributed by atoms with E-state index in [1.54, 1.807) is 0 Å². The molecule has 1 saturated heterocycles. The van der Waals surface area contributed by atoms with Crippen molar-refractivity contribution in [2.45, 2.75) is 47.6 Å². The van der Waals surface area contributed by atoms with Gasteiger partial charge in [-0.3, -0.25) is 9.67 Å².